The van der Waals surface area contributed by atoms with E-state index in [1.807, 2.05) is 59.4 Å². The van der Waals surface area contributed by atoms with E-state index in [0.29, 0.717) is 23.2 Å². The van der Waals surface area contributed by atoms with Gasteiger partial charge in [0.2, 0.25) is 0 Å². The molecule has 2 aliphatic heterocycles. The molecule has 13 heteroatoms. The topological polar surface area (TPSA) is 143 Å². The first kappa shape index (κ1) is 24.8. The van der Waals surface area contributed by atoms with E-state index in [1.165, 1.54) is 34.0 Å². The maximum atomic E-state index is 13.0. The Morgan fingerprint density at radius 2 is 1.92 bits per heavy atom. The Morgan fingerprint density at radius 1 is 1.19 bits per heavy atom. The highest BCUT2D eigenvalue weighted by Gasteiger charge is 2.53. The summed E-state index contributed by atoms with van der Waals surface area (Å²) in [5, 5.41) is 12.7. The van der Waals surface area contributed by atoms with E-state index in [1.54, 1.807) is 0 Å². The molecule has 2 aliphatic rings. The van der Waals surface area contributed by atoms with Crippen LogP contribution >= 0.6 is 23.5 Å². The number of carboxylic acid groups (broad SMARTS) is 1. The van der Waals surface area contributed by atoms with E-state index in [4.69, 9.17) is 0 Å². The van der Waals surface area contributed by atoms with Gasteiger partial charge in [0.15, 0.2) is 11.2 Å². The van der Waals surface area contributed by atoms with E-state index in [9.17, 15) is 24.3 Å². The number of nitrogens with zero attached hydrogens (tertiary/aromatic N) is 5. The van der Waals surface area contributed by atoms with Crippen molar-refractivity contribution < 1.29 is 14.7 Å². The average molecular weight is 539 g/mol. The minimum Gasteiger partial charge on any atom is -0.477 e. The van der Waals surface area contributed by atoms with Crippen LogP contribution in [0.15, 0.2) is 85.9 Å². The second-order valence-corrected chi connectivity index (χ2v) is 10.5. The molecule has 0 radical (unpaired) electrons. The number of aliphatic carboxylic acids is 1. The summed E-state index contributed by atoms with van der Waals surface area (Å²) < 4.78 is 3.32. The molecule has 0 saturated carbocycles. The average Bonchev–Trinajstić information content (AvgIpc) is 2.89. The number of aromatic amines is 1. The first-order valence-electron chi connectivity index (χ1n) is 11.3. The van der Waals surface area contributed by atoms with Crippen LogP contribution in [0.3, 0.4) is 0 Å². The maximum absolute atomic E-state index is 13.0. The van der Waals surface area contributed by atoms with Crippen LogP contribution in [0, 0.1) is 0 Å². The van der Waals surface area contributed by atoms with Gasteiger partial charge in [-0.05, 0) is 23.3 Å². The molecule has 5 rings (SSSR count). The molecule has 1 fully saturated rings. The summed E-state index contributed by atoms with van der Waals surface area (Å²) in [6.07, 6.45) is 3.80. The Morgan fingerprint density at radius 3 is 2.62 bits per heavy atom. The Kier molecular flexibility index (Phi) is 6.89. The lowest BCUT2D eigenvalue weighted by molar-refractivity contribution is -0.147. The minimum absolute atomic E-state index is 0.0594. The molecule has 37 heavy (non-hydrogen) atoms. The zero-order valence-corrected chi connectivity index (χ0v) is 21.2. The number of pyridine rings is 1. The molecule has 11 nitrogen and oxygen atoms in total. The number of rotatable bonds is 7. The van der Waals surface area contributed by atoms with Gasteiger partial charge in [-0.2, -0.15) is 4.98 Å². The van der Waals surface area contributed by atoms with Crippen molar-refractivity contribution in [2.45, 2.75) is 23.1 Å². The fraction of sp³-hybridized carbons (Fsp3) is 0.250. The highest BCUT2D eigenvalue weighted by Crippen LogP contribution is 2.42. The van der Waals surface area contributed by atoms with Crippen molar-refractivity contribution in [1.29, 1.82) is 0 Å². The van der Waals surface area contributed by atoms with Gasteiger partial charge in [-0.3, -0.25) is 34.1 Å². The number of carbonyl (C=O) groups excluding carboxylic acids is 1. The van der Waals surface area contributed by atoms with Crippen molar-refractivity contribution in [2.24, 2.45) is 12.0 Å². The number of hydrogen-bond donors (Lipinski definition) is 2. The number of benzene rings is 1. The van der Waals surface area contributed by atoms with Gasteiger partial charge >= 0.3 is 17.1 Å². The summed E-state index contributed by atoms with van der Waals surface area (Å²) in [7, 11) is 1.53. The van der Waals surface area contributed by atoms with Gasteiger partial charge in [-0.15, -0.1) is 11.8 Å². The van der Waals surface area contributed by atoms with Gasteiger partial charge in [0.1, 0.15) is 11.1 Å². The smallest absolute Gasteiger partial charge is 0.352 e. The van der Waals surface area contributed by atoms with Crippen LogP contribution in [-0.4, -0.2) is 64.1 Å². The van der Waals surface area contributed by atoms with Crippen LogP contribution in [0.4, 0.5) is 0 Å². The summed E-state index contributed by atoms with van der Waals surface area (Å²) in [6.45, 7) is 0.714. The fourth-order valence-corrected chi connectivity index (χ4v) is 6.48. The Bertz CT molecular complexity index is 1570. The molecule has 1 amide bonds. The molecule has 0 spiro atoms. The van der Waals surface area contributed by atoms with E-state index in [2.05, 4.69) is 15.1 Å². The van der Waals surface area contributed by atoms with Gasteiger partial charge in [0.05, 0.1) is 5.36 Å². The summed E-state index contributed by atoms with van der Waals surface area (Å²) in [6, 6.07) is 13.0. The van der Waals surface area contributed by atoms with E-state index < -0.39 is 28.5 Å². The van der Waals surface area contributed by atoms with Crippen LogP contribution in [0.5, 0.6) is 0 Å². The van der Waals surface area contributed by atoms with Crippen LogP contribution in [-0.2, 0) is 23.2 Å². The van der Waals surface area contributed by atoms with Gasteiger partial charge in [-0.1, -0.05) is 42.1 Å². The number of fused-ring (bicyclic) bond motifs is 1. The number of thioether (sulfide) groups is 2. The highest BCUT2D eigenvalue weighted by atomic mass is 32.2. The minimum atomic E-state index is -1.20. The number of H-pyrrole nitrogens is 1. The lowest BCUT2D eigenvalue weighted by Gasteiger charge is -2.47. The molecule has 0 bridgehead atoms. The monoisotopic (exact) mass is 538 g/mol. The van der Waals surface area contributed by atoms with Gasteiger partial charge < -0.3 is 9.67 Å². The van der Waals surface area contributed by atoms with E-state index in [-0.39, 0.29) is 22.5 Å². The molecule has 190 valence electrons. The zero-order chi connectivity index (χ0) is 26.1. The largest absolute Gasteiger partial charge is 0.477 e. The molecule has 1 saturated heterocycles. The van der Waals surface area contributed by atoms with Crippen molar-refractivity contribution in [3.63, 3.8) is 0 Å². The molecule has 2 aromatic heterocycles. The van der Waals surface area contributed by atoms with Crippen LogP contribution in [0.1, 0.15) is 5.56 Å². The predicted molar refractivity (Wildman–Crippen MR) is 138 cm³/mol. The van der Waals surface area contributed by atoms with E-state index in [0.717, 1.165) is 11.8 Å². The van der Waals surface area contributed by atoms with E-state index >= 15 is 0 Å². The molecule has 2 atom stereocenters. The first-order valence-corrected chi connectivity index (χ1v) is 13.3. The summed E-state index contributed by atoms with van der Waals surface area (Å²) >= 11 is 2.56. The molecular weight excluding hydrogens is 516 g/mol. The Balaban J connectivity index is 1.32. The third kappa shape index (κ3) is 5.04. The van der Waals surface area contributed by atoms with Gasteiger partial charge in [-0.25, -0.2) is 4.79 Å². The lowest BCUT2D eigenvalue weighted by Crippen LogP contribution is -2.64. The quantitative estimate of drug-likeness (QED) is 0.253. The highest BCUT2D eigenvalue weighted by molar-refractivity contribution is 8.01. The van der Waals surface area contributed by atoms with Crippen molar-refractivity contribution >= 4 is 35.4 Å². The van der Waals surface area contributed by atoms with Crippen molar-refractivity contribution in [1.82, 2.24) is 24.2 Å². The second-order valence-electron chi connectivity index (χ2n) is 8.44. The standard InChI is InChI=1S/C24H22N6O5S2/c1-28-24(26-19(31)20(32)27-28)37-13-15-12-36-22-17(21(33)30(22)18(15)23(34)35)25-16-7-9-29(10-8-16)11-14-5-3-2-4-6-14/h2-10,17,22H,11-13H2,1H3,(H,27,32)(H,34,35). The molecule has 2 N–H and O–H groups in total. The Hall–Kier alpha value is -3.84. The number of aromatic nitrogens is 4. The SMILES string of the molecule is Cn1[nH]c(=O)c(=O)nc1SCC1=C(C(=O)O)N2C(=O)C(N=c3ccn(Cc4ccccc4)cc3)C2SC1. The van der Waals surface area contributed by atoms with Gasteiger partial charge in [0, 0.05) is 37.5 Å². The van der Waals surface area contributed by atoms with Crippen LogP contribution in [0.25, 0.3) is 0 Å². The first-order chi connectivity index (χ1) is 17.8. The number of β-lactam (4-membered cyclic amide) rings is 1. The molecular formula is C24H22N6O5S2. The van der Waals surface area contributed by atoms with Crippen LogP contribution in [0.2, 0.25) is 0 Å². The summed E-state index contributed by atoms with van der Waals surface area (Å²) in [5.74, 6) is -0.983. The van der Waals surface area contributed by atoms with Crippen molar-refractivity contribution in [3.05, 3.63) is 97.8 Å². The number of carboxylic acids is 1. The Labute approximate surface area is 218 Å². The number of aryl methyl sites for hydroxylation is 1. The predicted octanol–water partition coefficient (Wildman–Crippen LogP) is 0.634. The van der Waals surface area contributed by atoms with Crippen molar-refractivity contribution in [2.75, 3.05) is 11.5 Å². The third-order valence-corrected chi connectivity index (χ3v) is 8.36. The summed E-state index contributed by atoms with van der Waals surface area (Å²) in [4.78, 5) is 57.7. The normalized spacial score (nSPS) is 18.8. The van der Waals surface area contributed by atoms with Crippen LogP contribution < -0.4 is 16.5 Å². The number of nitrogens with one attached hydrogen (secondary N) is 1. The molecule has 2 unspecified atom stereocenters. The number of amides is 1. The summed E-state index contributed by atoms with van der Waals surface area (Å²) in [5.41, 5.74) is -0.108. The second kappa shape index (κ2) is 10.3. The molecule has 0 aliphatic carbocycles. The van der Waals surface area contributed by atoms with Gasteiger partial charge in [0.25, 0.3) is 5.91 Å². The lowest BCUT2D eigenvalue weighted by atomic mass is 10.0. The fourth-order valence-electron chi connectivity index (χ4n) is 4.10. The van der Waals surface area contributed by atoms with Crippen molar-refractivity contribution in [3.8, 4) is 0 Å². The zero-order valence-electron chi connectivity index (χ0n) is 19.6. The molecule has 4 heterocycles. The molecule has 3 aromatic rings. The number of hydrogen-bond acceptors (Lipinski definition) is 8. The third-order valence-electron chi connectivity index (χ3n) is 5.91. The maximum Gasteiger partial charge on any atom is 0.352 e. The molecule has 1 aromatic carbocycles. The number of carbonyl (C=O) groups is 2.